The van der Waals surface area contributed by atoms with Gasteiger partial charge in [0.05, 0.1) is 18.9 Å². The number of thiophene rings is 1. The quantitative estimate of drug-likeness (QED) is 0.938. The van der Waals surface area contributed by atoms with E-state index in [9.17, 15) is 4.79 Å². The molecule has 2 rings (SSSR count). The summed E-state index contributed by atoms with van der Waals surface area (Å²) in [6.07, 6.45) is 2.77. The van der Waals surface area contributed by atoms with Crippen LogP contribution in [0.25, 0.3) is 0 Å². The minimum Gasteiger partial charge on any atom is -0.382 e. The van der Waals surface area contributed by atoms with Crippen LogP contribution in [0.4, 0.5) is 5.82 Å². The molecular formula is C11H11BrN4OS. The molecule has 2 aromatic heterocycles. The SMILES string of the molecule is CN(Cc1cc(Br)cs1)C(=O)c1cnc(N)cn1. The molecule has 1 amide bonds. The molecule has 2 N–H and O–H groups in total. The molecule has 0 spiro atoms. The number of nitrogens with zero attached hydrogens (tertiary/aromatic N) is 3. The van der Waals surface area contributed by atoms with Gasteiger partial charge in [-0.2, -0.15) is 0 Å². The molecule has 18 heavy (non-hydrogen) atoms. The van der Waals surface area contributed by atoms with E-state index >= 15 is 0 Å². The Morgan fingerprint density at radius 3 is 2.83 bits per heavy atom. The number of nitrogens with two attached hydrogens (primary N) is 1. The van der Waals surface area contributed by atoms with Crippen LogP contribution in [-0.2, 0) is 6.54 Å². The highest BCUT2D eigenvalue weighted by atomic mass is 79.9. The summed E-state index contributed by atoms with van der Waals surface area (Å²) in [7, 11) is 1.73. The molecule has 0 atom stereocenters. The Balaban J connectivity index is 2.07. The predicted molar refractivity (Wildman–Crippen MR) is 74.3 cm³/mol. The van der Waals surface area contributed by atoms with E-state index in [1.54, 1.807) is 23.3 Å². The maximum absolute atomic E-state index is 12.0. The van der Waals surface area contributed by atoms with E-state index in [0.29, 0.717) is 18.1 Å². The van der Waals surface area contributed by atoms with Gasteiger partial charge in [-0.05, 0) is 22.0 Å². The molecule has 94 valence electrons. The summed E-state index contributed by atoms with van der Waals surface area (Å²) < 4.78 is 1.02. The van der Waals surface area contributed by atoms with Crippen molar-refractivity contribution >= 4 is 39.0 Å². The number of carbonyl (C=O) groups excluding carboxylic acids is 1. The lowest BCUT2D eigenvalue weighted by Gasteiger charge is -2.15. The molecule has 0 fully saturated rings. The lowest BCUT2D eigenvalue weighted by Crippen LogP contribution is -2.26. The largest absolute Gasteiger partial charge is 0.382 e. The molecule has 0 aromatic carbocycles. The first-order valence-electron chi connectivity index (χ1n) is 5.12. The molecule has 0 bridgehead atoms. The maximum Gasteiger partial charge on any atom is 0.274 e. The van der Waals surface area contributed by atoms with Gasteiger partial charge in [0, 0.05) is 21.8 Å². The van der Waals surface area contributed by atoms with Gasteiger partial charge >= 0.3 is 0 Å². The minimum absolute atomic E-state index is 0.174. The van der Waals surface area contributed by atoms with Gasteiger partial charge in [0.15, 0.2) is 0 Å². The van der Waals surface area contributed by atoms with Crippen molar-refractivity contribution in [2.75, 3.05) is 12.8 Å². The van der Waals surface area contributed by atoms with Crippen LogP contribution in [-0.4, -0.2) is 27.8 Å². The van der Waals surface area contributed by atoms with Crippen molar-refractivity contribution in [3.63, 3.8) is 0 Å². The Kier molecular flexibility index (Phi) is 3.93. The molecule has 0 unspecified atom stereocenters. The van der Waals surface area contributed by atoms with E-state index in [1.165, 1.54) is 12.4 Å². The van der Waals surface area contributed by atoms with Gasteiger partial charge in [0.25, 0.3) is 5.91 Å². The summed E-state index contributed by atoms with van der Waals surface area (Å²) >= 11 is 4.98. The van der Waals surface area contributed by atoms with Crippen LogP contribution in [0, 0.1) is 0 Å². The molecule has 2 heterocycles. The van der Waals surface area contributed by atoms with E-state index in [0.717, 1.165) is 9.35 Å². The second-order valence-corrected chi connectivity index (χ2v) is 5.63. The molecule has 2 aromatic rings. The van der Waals surface area contributed by atoms with E-state index in [2.05, 4.69) is 25.9 Å². The zero-order valence-electron chi connectivity index (χ0n) is 9.63. The van der Waals surface area contributed by atoms with Crippen molar-refractivity contribution in [1.29, 1.82) is 0 Å². The van der Waals surface area contributed by atoms with E-state index in [1.807, 2.05) is 11.4 Å². The molecule has 7 heteroatoms. The zero-order chi connectivity index (χ0) is 13.1. The van der Waals surface area contributed by atoms with Crippen LogP contribution < -0.4 is 5.73 Å². The molecule has 0 saturated carbocycles. The standard InChI is InChI=1S/C11H11BrN4OS/c1-16(5-8-2-7(12)6-18-8)11(17)9-3-15-10(13)4-14-9/h2-4,6H,5H2,1H3,(H2,13,15). The van der Waals surface area contributed by atoms with Crippen LogP contribution in [0.2, 0.25) is 0 Å². The third-order valence-corrected chi connectivity index (χ3v) is 3.93. The van der Waals surface area contributed by atoms with Crippen molar-refractivity contribution in [3.8, 4) is 0 Å². The summed E-state index contributed by atoms with van der Waals surface area (Å²) in [6.45, 7) is 0.543. The Bertz CT molecular complexity index is 554. The molecular weight excluding hydrogens is 316 g/mol. The predicted octanol–water partition coefficient (Wildman–Crippen LogP) is 2.16. The van der Waals surface area contributed by atoms with Crippen molar-refractivity contribution in [2.45, 2.75) is 6.54 Å². The normalized spacial score (nSPS) is 10.3. The van der Waals surface area contributed by atoms with Crippen molar-refractivity contribution < 1.29 is 4.79 Å². The number of nitrogen functional groups attached to an aromatic ring is 1. The van der Waals surface area contributed by atoms with Crippen LogP contribution in [0.5, 0.6) is 0 Å². The average Bonchev–Trinajstić information content (AvgIpc) is 2.75. The fourth-order valence-electron chi connectivity index (χ4n) is 1.39. The van der Waals surface area contributed by atoms with Crippen LogP contribution >= 0.6 is 27.3 Å². The topological polar surface area (TPSA) is 72.1 Å². The van der Waals surface area contributed by atoms with Crippen molar-refractivity contribution in [2.24, 2.45) is 0 Å². The third kappa shape index (κ3) is 3.05. The van der Waals surface area contributed by atoms with Crippen molar-refractivity contribution in [3.05, 3.63) is 38.9 Å². The molecule has 0 aliphatic carbocycles. The summed E-state index contributed by atoms with van der Waals surface area (Å²) in [5.41, 5.74) is 5.72. The number of halogens is 1. The summed E-state index contributed by atoms with van der Waals surface area (Å²) in [5.74, 6) is 0.128. The molecule has 0 saturated heterocycles. The lowest BCUT2D eigenvalue weighted by atomic mass is 10.3. The number of hydrogen-bond acceptors (Lipinski definition) is 5. The monoisotopic (exact) mass is 326 g/mol. The summed E-state index contributed by atoms with van der Waals surface area (Å²) in [4.78, 5) is 22.6. The van der Waals surface area contributed by atoms with Crippen molar-refractivity contribution in [1.82, 2.24) is 14.9 Å². The van der Waals surface area contributed by atoms with Crippen LogP contribution in [0.15, 0.2) is 28.3 Å². The number of rotatable bonds is 3. The maximum atomic E-state index is 12.0. The summed E-state index contributed by atoms with van der Waals surface area (Å²) in [5, 5.41) is 1.98. The fourth-order valence-corrected chi connectivity index (χ4v) is 2.89. The highest BCUT2D eigenvalue weighted by Gasteiger charge is 2.14. The van der Waals surface area contributed by atoms with Gasteiger partial charge in [0.2, 0.25) is 0 Å². The first-order chi connectivity index (χ1) is 8.56. The Hall–Kier alpha value is -1.47. The second-order valence-electron chi connectivity index (χ2n) is 3.72. The van der Waals surface area contributed by atoms with Crippen LogP contribution in [0.3, 0.4) is 0 Å². The van der Waals surface area contributed by atoms with Gasteiger partial charge in [-0.15, -0.1) is 11.3 Å². The highest BCUT2D eigenvalue weighted by molar-refractivity contribution is 9.10. The van der Waals surface area contributed by atoms with E-state index < -0.39 is 0 Å². The number of aromatic nitrogens is 2. The zero-order valence-corrected chi connectivity index (χ0v) is 12.0. The molecule has 0 radical (unpaired) electrons. The van der Waals surface area contributed by atoms with E-state index in [4.69, 9.17) is 5.73 Å². The molecule has 5 nitrogen and oxygen atoms in total. The lowest BCUT2D eigenvalue weighted by molar-refractivity contribution is 0.0780. The van der Waals surface area contributed by atoms with Gasteiger partial charge in [-0.3, -0.25) is 4.79 Å². The highest BCUT2D eigenvalue weighted by Crippen LogP contribution is 2.21. The third-order valence-electron chi connectivity index (χ3n) is 2.25. The van der Waals surface area contributed by atoms with E-state index in [-0.39, 0.29) is 5.91 Å². The smallest absolute Gasteiger partial charge is 0.274 e. The second kappa shape index (κ2) is 5.45. The van der Waals surface area contributed by atoms with Crippen LogP contribution in [0.1, 0.15) is 15.4 Å². The number of amides is 1. The molecule has 0 aliphatic heterocycles. The van der Waals surface area contributed by atoms with Gasteiger partial charge in [-0.1, -0.05) is 0 Å². The fraction of sp³-hybridized carbons (Fsp3) is 0.182. The first kappa shape index (κ1) is 13.0. The molecule has 0 aliphatic rings. The number of hydrogen-bond donors (Lipinski definition) is 1. The van der Waals surface area contributed by atoms with Gasteiger partial charge in [0.1, 0.15) is 11.5 Å². The Morgan fingerprint density at radius 2 is 2.28 bits per heavy atom. The average molecular weight is 327 g/mol. The Morgan fingerprint density at radius 1 is 1.50 bits per heavy atom. The number of carbonyl (C=O) groups is 1. The first-order valence-corrected chi connectivity index (χ1v) is 6.79. The Labute approximate surface area is 117 Å². The minimum atomic E-state index is -0.174. The summed E-state index contributed by atoms with van der Waals surface area (Å²) in [6, 6.07) is 1.99. The number of anilines is 1. The van der Waals surface area contributed by atoms with Gasteiger partial charge in [-0.25, -0.2) is 9.97 Å². The van der Waals surface area contributed by atoms with Gasteiger partial charge < -0.3 is 10.6 Å².